The van der Waals surface area contributed by atoms with Gasteiger partial charge in [0.1, 0.15) is 5.75 Å². The lowest BCUT2D eigenvalue weighted by molar-refractivity contribution is 0.435. The number of nitrogens with zero attached hydrogens (tertiary/aromatic N) is 1. The lowest BCUT2D eigenvalue weighted by atomic mass is 10.2. The van der Waals surface area contributed by atoms with Gasteiger partial charge in [0.2, 0.25) is 10.0 Å². The van der Waals surface area contributed by atoms with Crippen molar-refractivity contribution in [3.8, 4) is 5.75 Å². The molecule has 0 spiro atoms. The average molecular weight is 243 g/mol. The molecule has 0 atom stereocenters. The molecule has 1 rings (SSSR count). The van der Waals surface area contributed by atoms with Gasteiger partial charge in [-0.3, -0.25) is 0 Å². The molecule has 0 radical (unpaired) electrons. The van der Waals surface area contributed by atoms with E-state index in [0.717, 1.165) is 0 Å². The Morgan fingerprint density at radius 3 is 2.50 bits per heavy atom. The molecule has 1 aromatic carbocycles. The van der Waals surface area contributed by atoms with Gasteiger partial charge in [-0.15, -0.1) is 0 Å². The van der Waals surface area contributed by atoms with Crippen LogP contribution in [-0.4, -0.2) is 30.6 Å². The van der Waals surface area contributed by atoms with Crippen LogP contribution >= 0.6 is 0 Å². The lowest BCUT2D eigenvalue weighted by Crippen LogP contribution is -2.28. The predicted octanol–water partition coefficient (Wildman–Crippen LogP) is 1.56. The second-order valence-electron chi connectivity index (χ2n) is 3.70. The molecule has 0 fully saturated rings. The minimum Gasteiger partial charge on any atom is -0.508 e. The minimum atomic E-state index is -3.20. The zero-order valence-corrected chi connectivity index (χ0v) is 10.4. The summed E-state index contributed by atoms with van der Waals surface area (Å²) in [7, 11) is -1.68. The Balaban J connectivity index is 2.79. The molecule has 5 heteroatoms. The maximum absolute atomic E-state index is 11.7. The number of sulfonamides is 1. The van der Waals surface area contributed by atoms with E-state index in [-0.39, 0.29) is 18.0 Å². The van der Waals surface area contributed by atoms with Gasteiger partial charge in [0.15, 0.2) is 0 Å². The van der Waals surface area contributed by atoms with Gasteiger partial charge in [0, 0.05) is 19.2 Å². The van der Waals surface area contributed by atoms with Crippen LogP contribution in [0.4, 0.5) is 0 Å². The fourth-order valence-corrected chi connectivity index (χ4v) is 2.56. The smallest absolute Gasteiger partial charge is 0.214 e. The first-order valence-electron chi connectivity index (χ1n) is 5.18. The predicted molar refractivity (Wildman–Crippen MR) is 63.7 cm³/mol. The van der Waals surface area contributed by atoms with E-state index in [4.69, 9.17) is 0 Å². The van der Waals surface area contributed by atoms with E-state index < -0.39 is 10.0 Å². The molecule has 0 aliphatic rings. The third kappa shape index (κ3) is 3.21. The fraction of sp³-hybridized carbons (Fsp3) is 0.455. The van der Waals surface area contributed by atoms with Gasteiger partial charge in [0.05, 0.1) is 5.75 Å². The van der Waals surface area contributed by atoms with Gasteiger partial charge < -0.3 is 5.11 Å². The van der Waals surface area contributed by atoms with Gasteiger partial charge in [0.25, 0.3) is 0 Å². The Morgan fingerprint density at radius 2 is 1.94 bits per heavy atom. The second kappa shape index (κ2) is 5.32. The van der Waals surface area contributed by atoms with Crippen molar-refractivity contribution in [2.75, 3.05) is 12.8 Å². The van der Waals surface area contributed by atoms with E-state index in [1.54, 1.807) is 24.3 Å². The highest BCUT2D eigenvalue weighted by atomic mass is 32.2. The SMILES string of the molecule is CCCS(=O)(=O)N(C)Cc1ccccc1O. The van der Waals surface area contributed by atoms with E-state index in [1.165, 1.54) is 11.4 Å². The molecule has 0 saturated carbocycles. The van der Waals surface area contributed by atoms with E-state index in [9.17, 15) is 13.5 Å². The van der Waals surface area contributed by atoms with Crippen molar-refractivity contribution in [2.24, 2.45) is 0 Å². The summed E-state index contributed by atoms with van der Waals surface area (Å²) in [6.45, 7) is 2.03. The number of hydrogen-bond donors (Lipinski definition) is 1. The molecule has 0 aliphatic carbocycles. The highest BCUT2D eigenvalue weighted by molar-refractivity contribution is 7.89. The highest BCUT2D eigenvalue weighted by Crippen LogP contribution is 2.18. The van der Waals surface area contributed by atoms with Gasteiger partial charge in [-0.1, -0.05) is 25.1 Å². The summed E-state index contributed by atoms with van der Waals surface area (Å²) in [4.78, 5) is 0. The Morgan fingerprint density at radius 1 is 1.31 bits per heavy atom. The molecule has 0 saturated heterocycles. The number of para-hydroxylation sites is 1. The Hall–Kier alpha value is -1.07. The van der Waals surface area contributed by atoms with Crippen molar-refractivity contribution in [3.05, 3.63) is 29.8 Å². The van der Waals surface area contributed by atoms with Crippen LogP contribution in [-0.2, 0) is 16.6 Å². The van der Waals surface area contributed by atoms with Crippen molar-refractivity contribution >= 4 is 10.0 Å². The van der Waals surface area contributed by atoms with E-state index in [0.29, 0.717) is 12.0 Å². The molecular weight excluding hydrogens is 226 g/mol. The maximum atomic E-state index is 11.7. The molecule has 1 N–H and O–H groups in total. The summed E-state index contributed by atoms with van der Waals surface area (Å²) in [6, 6.07) is 6.75. The molecule has 1 aromatic rings. The maximum Gasteiger partial charge on any atom is 0.214 e. The van der Waals surface area contributed by atoms with Crippen LogP contribution in [0.3, 0.4) is 0 Å². The molecule has 90 valence electrons. The Bertz CT molecular complexity index is 442. The van der Waals surface area contributed by atoms with Crippen LogP contribution in [0.15, 0.2) is 24.3 Å². The van der Waals surface area contributed by atoms with Crippen molar-refractivity contribution in [1.82, 2.24) is 4.31 Å². The Labute approximate surface area is 96.6 Å². The first-order valence-corrected chi connectivity index (χ1v) is 6.79. The summed E-state index contributed by atoms with van der Waals surface area (Å²) in [5.41, 5.74) is 0.615. The Kier molecular flexibility index (Phi) is 4.32. The third-order valence-electron chi connectivity index (χ3n) is 2.32. The summed E-state index contributed by atoms with van der Waals surface area (Å²) in [6.07, 6.45) is 0.591. The van der Waals surface area contributed by atoms with Crippen molar-refractivity contribution < 1.29 is 13.5 Å². The quantitative estimate of drug-likeness (QED) is 0.854. The molecule has 0 bridgehead atoms. The first-order chi connectivity index (χ1) is 7.47. The summed E-state index contributed by atoms with van der Waals surface area (Å²) < 4.78 is 24.7. The molecular formula is C11H17NO3S. The molecule has 0 heterocycles. The number of hydrogen-bond acceptors (Lipinski definition) is 3. The summed E-state index contributed by atoms with van der Waals surface area (Å²) in [5.74, 6) is 0.262. The number of rotatable bonds is 5. The topological polar surface area (TPSA) is 57.6 Å². The zero-order chi connectivity index (χ0) is 12.2. The zero-order valence-electron chi connectivity index (χ0n) is 9.55. The third-order valence-corrected chi connectivity index (χ3v) is 4.32. The number of aromatic hydroxyl groups is 1. The van der Waals surface area contributed by atoms with Crippen LogP contribution in [0.1, 0.15) is 18.9 Å². The molecule has 0 aliphatic heterocycles. The summed E-state index contributed by atoms with van der Waals surface area (Å²) in [5, 5.41) is 9.53. The van der Waals surface area contributed by atoms with Crippen LogP contribution in [0, 0.1) is 0 Å². The second-order valence-corrected chi connectivity index (χ2v) is 5.90. The van der Waals surface area contributed by atoms with Crippen molar-refractivity contribution in [2.45, 2.75) is 19.9 Å². The molecule has 4 nitrogen and oxygen atoms in total. The molecule has 0 amide bonds. The van der Waals surface area contributed by atoms with Crippen LogP contribution in [0.25, 0.3) is 0 Å². The fourth-order valence-electron chi connectivity index (χ4n) is 1.40. The van der Waals surface area contributed by atoms with Gasteiger partial charge >= 0.3 is 0 Å². The van der Waals surface area contributed by atoms with Crippen LogP contribution < -0.4 is 0 Å². The molecule has 0 unspecified atom stereocenters. The summed E-state index contributed by atoms with van der Waals surface area (Å²) >= 11 is 0. The lowest BCUT2D eigenvalue weighted by Gasteiger charge is -2.17. The normalized spacial score (nSPS) is 11.9. The van der Waals surface area contributed by atoms with Gasteiger partial charge in [-0.2, -0.15) is 0 Å². The monoisotopic (exact) mass is 243 g/mol. The van der Waals surface area contributed by atoms with Crippen molar-refractivity contribution in [1.29, 1.82) is 0 Å². The van der Waals surface area contributed by atoms with Crippen molar-refractivity contribution in [3.63, 3.8) is 0 Å². The largest absolute Gasteiger partial charge is 0.508 e. The number of phenols is 1. The molecule has 0 aromatic heterocycles. The van der Waals surface area contributed by atoms with E-state index in [2.05, 4.69) is 0 Å². The van der Waals surface area contributed by atoms with E-state index >= 15 is 0 Å². The van der Waals surface area contributed by atoms with Gasteiger partial charge in [-0.25, -0.2) is 12.7 Å². The minimum absolute atomic E-state index is 0.126. The number of phenolic OH excluding ortho intramolecular Hbond substituents is 1. The average Bonchev–Trinajstić information content (AvgIpc) is 2.21. The van der Waals surface area contributed by atoms with Crippen LogP contribution in [0.5, 0.6) is 5.75 Å². The van der Waals surface area contributed by atoms with Gasteiger partial charge in [-0.05, 0) is 12.5 Å². The molecule has 16 heavy (non-hydrogen) atoms. The van der Waals surface area contributed by atoms with Crippen LogP contribution in [0.2, 0.25) is 0 Å². The highest BCUT2D eigenvalue weighted by Gasteiger charge is 2.17. The number of benzene rings is 1. The van der Waals surface area contributed by atoms with E-state index in [1.807, 2.05) is 6.92 Å². The standard InChI is InChI=1S/C11H17NO3S/c1-3-8-16(14,15)12(2)9-10-6-4-5-7-11(10)13/h4-7,13H,3,8-9H2,1-2H3. The first kappa shape index (κ1) is 13.0.